The molecule has 4 nitrogen and oxygen atoms in total. The minimum Gasteiger partial charge on any atom is -0.333 e. The van der Waals surface area contributed by atoms with E-state index < -0.39 is 0 Å². The zero-order chi connectivity index (χ0) is 13.0. The third kappa shape index (κ3) is 3.56. The number of rotatable bonds is 6. The molecular weight excluding hydrogens is 224 g/mol. The zero-order valence-corrected chi connectivity index (χ0v) is 11.7. The number of unbranched alkanes of at least 4 members (excludes halogenated alkanes) is 1. The molecule has 2 rings (SSSR count). The number of imidazole rings is 1. The summed E-state index contributed by atoms with van der Waals surface area (Å²) in [4.78, 5) is 6.90. The van der Waals surface area contributed by atoms with Crippen LogP contribution in [0.1, 0.15) is 38.9 Å². The second-order valence-corrected chi connectivity index (χ2v) is 6.14. The molecule has 0 amide bonds. The predicted octanol–water partition coefficient (Wildman–Crippen LogP) is 1.85. The van der Waals surface area contributed by atoms with E-state index in [1.165, 1.54) is 31.6 Å². The van der Waals surface area contributed by atoms with E-state index in [4.69, 9.17) is 5.73 Å². The highest BCUT2D eigenvalue weighted by Gasteiger charge is 2.17. The first kappa shape index (κ1) is 13.6. The lowest BCUT2D eigenvalue weighted by atomic mass is 9.87. The van der Waals surface area contributed by atoms with Crippen LogP contribution >= 0.6 is 0 Å². The molecule has 0 bridgehead atoms. The van der Waals surface area contributed by atoms with Crippen molar-refractivity contribution in [1.29, 1.82) is 0 Å². The van der Waals surface area contributed by atoms with E-state index in [-0.39, 0.29) is 0 Å². The van der Waals surface area contributed by atoms with Crippen LogP contribution in [-0.2, 0) is 13.1 Å². The second-order valence-electron chi connectivity index (χ2n) is 6.14. The Hall–Kier alpha value is -0.870. The lowest BCUT2D eigenvalue weighted by Crippen LogP contribution is -2.34. The molecule has 0 spiro atoms. The number of fused-ring (bicyclic) bond motifs is 1. The quantitative estimate of drug-likeness (QED) is 0.784. The van der Waals surface area contributed by atoms with Crippen molar-refractivity contribution >= 4 is 0 Å². The fourth-order valence-corrected chi connectivity index (χ4v) is 2.46. The third-order valence-electron chi connectivity index (χ3n) is 3.95. The summed E-state index contributed by atoms with van der Waals surface area (Å²) in [7, 11) is 0. The molecule has 102 valence electrons. The van der Waals surface area contributed by atoms with Crippen molar-refractivity contribution < 1.29 is 0 Å². The summed E-state index contributed by atoms with van der Waals surface area (Å²) in [5, 5.41) is 0. The first-order valence-electron chi connectivity index (χ1n) is 7.03. The Balaban J connectivity index is 1.67. The summed E-state index contributed by atoms with van der Waals surface area (Å²) in [6.45, 7) is 9.73. The van der Waals surface area contributed by atoms with Gasteiger partial charge in [0.1, 0.15) is 5.82 Å². The van der Waals surface area contributed by atoms with E-state index in [0.29, 0.717) is 5.41 Å². The summed E-state index contributed by atoms with van der Waals surface area (Å²) in [5.74, 6) is 1.21. The van der Waals surface area contributed by atoms with Gasteiger partial charge in [-0.05, 0) is 31.3 Å². The molecule has 0 unspecified atom stereocenters. The summed E-state index contributed by atoms with van der Waals surface area (Å²) < 4.78 is 2.26. The fraction of sp³-hybridized carbons (Fsp3) is 0.786. The molecule has 2 N–H and O–H groups in total. The zero-order valence-electron chi connectivity index (χ0n) is 11.7. The van der Waals surface area contributed by atoms with Gasteiger partial charge in [-0.2, -0.15) is 0 Å². The Morgan fingerprint density at radius 1 is 1.33 bits per heavy atom. The van der Waals surface area contributed by atoms with Crippen LogP contribution < -0.4 is 5.73 Å². The molecule has 4 heteroatoms. The number of aromatic nitrogens is 2. The van der Waals surface area contributed by atoms with Gasteiger partial charge in [-0.3, -0.25) is 4.90 Å². The highest BCUT2D eigenvalue weighted by molar-refractivity contribution is 4.95. The van der Waals surface area contributed by atoms with Crippen molar-refractivity contribution in [2.24, 2.45) is 11.1 Å². The van der Waals surface area contributed by atoms with Gasteiger partial charge in [-0.25, -0.2) is 4.98 Å². The minimum atomic E-state index is 0.304. The number of hydrogen-bond donors (Lipinski definition) is 1. The molecule has 0 saturated heterocycles. The molecule has 0 fully saturated rings. The summed E-state index contributed by atoms with van der Waals surface area (Å²) in [6.07, 6.45) is 7.75. The molecule has 18 heavy (non-hydrogen) atoms. The predicted molar refractivity (Wildman–Crippen MR) is 74.2 cm³/mol. The average Bonchev–Trinajstić information content (AvgIpc) is 2.82. The van der Waals surface area contributed by atoms with Crippen molar-refractivity contribution in [3.63, 3.8) is 0 Å². The van der Waals surface area contributed by atoms with Crippen molar-refractivity contribution in [3.8, 4) is 0 Å². The van der Waals surface area contributed by atoms with Gasteiger partial charge in [-0.15, -0.1) is 0 Å². The summed E-state index contributed by atoms with van der Waals surface area (Å²) in [6, 6.07) is 0. The van der Waals surface area contributed by atoms with Crippen molar-refractivity contribution in [2.45, 2.75) is 46.2 Å². The molecule has 1 aromatic heterocycles. The van der Waals surface area contributed by atoms with Crippen LogP contribution in [0.15, 0.2) is 12.4 Å². The molecule has 1 aromatic rings. The fourth-order valence-electron chi connectivity index (χ4n) is 2.46. The Labute approximate surface area is 110 Å². The maximum Gasteiger partial charge on any atom is 0.122 e. The Kier molecular flexibility index (Phi) is 4.40. The van der Waals surface area contributed by atoms with Gasteiger partial charge in [0.05, 0.1) is 6.54 Å². The molecule has 0 aromatic carbocycles. The van der Waals surface area contributed by atoms with E-state index in [9.17, 15) is 0 Å². The number of nitrogens with two attached hydrogens (primary N) is 1. The van der Waals surface area contributed by atoms with Crippen LogP contribution in [-0.4, -0.2) is 34.1 Å². The maximum atomic E-state index is 5.75. The maximum absolute atomic E-state index is 5.75. The molecule has 0 saturated carbocycles. The van der Waals surface area contributed by atoms with Crippen LogP contribution in [0.25, 0.3) is 0 Å². The van der Waals surface area contributed by atoms with Gasteiger partial charge in [0, 0.05) is 25.5 Å². The highest BCUT2D eigenvalue weighted by Crippen LogP contribution is 2.21. The topological polar surface area (TPSA) is 47.1 Å². The van der Waals surface area contributed by atoms with Gasteiger partial charge in [-0.1, -0.05) is 20.3 Å². The lowest BCUT2D eigenvalue weighted by molar-refractivity contribution is 0.207. The SMILES string of the molecule is CC(C)(CN)CCCCN1CCn2ccnc2C1. The molecule has 0 radical (unpaired) electrons. The summed E-state index contributed by atoms with van der Waals surface area (Å²) in [5.41, 5.74) is 6.05. The van der Waals surface area contributed by atoms with E-state index >= 15 is 0 Å². The normalized spacial score (nSPS) is 16.8. The van der Waals surface area contributed by atoms with Crippen LogP contribution in [0.5, 0.6) is 0 Å². The molecular formula is C14H26N4. The van der Waals surface area contributed by atoms with Crippen LogP contribution in [0.3, 0.4) is 0 Å². The first-order valence-corrected chi connectivity index (χ1v) is 7.03. The Morgan fingerprint density at radius 3 is 2.94 bits per heavy atom. The largest absolute Gasteiger partial charge is 0.333 e. The Bertz CT molecular complexity index is 370. The molecule has 2 heterocycles. The van der Waals surface area contributed by atoms with Gasteiger partial charge >= 0.3 is 0 Å². The van der Waals surface area contributed by atoms with Gasteiger partial charge in [0.25, 0.3) is 0 Å². The van der Waals surface area contributed by atoms with Crippen molar-refractivity contribution in [1.82, 2.24) is 14.5 Å². The highest BCUT2D eigenvalue weighted by atomic mass is 15.2. The lowest BCUT2D eigenvalue weighted by Gasteiger charge is -2.28. The first-order chi connectivity index (χ1) is 8.61. The minimum absolute atomic E-state index is 0.304. The third-order valence-corrected chi connectivity index (χ3v) is 3.95. The van der Waals surface area contributed by atoms with Gasteiger partial charge in [0.15, 0.2) is 0 Å². The van der Waals surface area contributed by atoms with Crippen LogP contribution in [0.2, 0.25) is 0 Å². The summed E-state index contributed by atoms with van der Waals surface area (Å²) >= 11 is 0. The van der Waals surface area contributed by atoms with Crippen LogP contribution in [0, 0.1) is 5.41 Å². The number of nitrogens with zero attached hydrogens (tertiary/aromatic N) is 3. The van der Waals surface area contributed by atoms with Crippen molar-refractivity contribution in [2.75, 3.05) is 19.6 Å². The van der Waals surface area contributed by atoms with E-state index in [1.807, 2.05) is 6.20 Å². The number of hydrogen-bond acceptors (Lipinski definition) is 3. The smallest absolute Gasteiger partial charge is 0.122 e. The molecule has 1 aliphatic rings. The van der Waals surface area contributed by atoms with Crippen LogP contribution in [0.4, 0.5) is 0 Å². The van der Waals surface area contributed by atoms with E-state index in [1.54, 1.807) is 0 Å². The second kappa shape index (κ2) is 5.85. The Morgan fingerprint density at radius 2 is 2.17 bits per heavy atom. The average molecular weight is 250 g/mol. The monoisotopic (exact) mass is 250 g/mol. The van der Waals surface area contributed by atoms with Crippen molar-refractivity contribution in [3.05, 3.63) is 18.2 Å². The van der Waals surface area contributed by atoms with Gasteiger partial charge < -0.3 is 10.3 Å². The molecule has 0 atom stereocenters. The standard InChI is InChI=1S/C14H26N4/c1-14(2,12-15)5-3-4-7-17-9-10-18-8-6-16-13(18)11-17/h6,8H,3-5,7,9-12,15H2,1-2H3. The molecule has 1 aliphatic heterocycles. The molecule has 0 aliphatic carbocycles. The van der Waals surface area contributed by atoms with Gasteiger partial charge in [0.2, 0.25) is 0 Å². The van der Waals surface area contributed by atoms with E-state index in [0.717, 1.165) is 26.2 Å². The van der Waals surface area contributed by atoms with E-state index in [2.05, 4.69) is 34.5 Å².